The first-order valence-corrected chi connectivity index (χ1v) is 11.6. The van der Waals surface area contributed by atoms with Crippen LogP contribution in [0, 0.1) is 6.92 Å². The molecule has 1 aliphatic rings. The summed E-state index contributed by atoms with van der Waals surface area (Å²) >= 11 is 1.57. The summed E-state index contributed by atoms with van der Waals surface area (Å²) < 4.78 is 12.0. The lowest BCUT2D eigenvalue weighted by molar-refractivity contribution is -0.118. The smallest absolute Gasteiger partial charge is 0.229 e. The first kappa shape index (κ1) is 21.7. The lowest BCUT2D eigenvalue weighted by Crippen LogP contribution is -2.43. The van der Waals surface area contributed by atoms with Crippen LogP contribution < -0.4 is 9.64 Å². The molecule has 2 aromatic carbocycles. The second kappa shape index (κ2) is 10.2. The summed E-state index contributed by atoms with van der Waals surface area (Å²) in [5.74, 6) is 0.848. The van der Waals surface area contributed by atoms with Crippen LogP contribution in [0.4, 0.5) is 5.13 Å². The van der Waals surface area contributed by atoms with Crippen molar-refractivity contribution in [3.8, 4) is 5.75 Å². The van der Waals surface area contributed by atoms with Crippen molar-refractivity contribution in [1.82, 2.24) is 9.88 Å². The van der Waals surface area contributed by atoms with Crippen LogP contribution in [0.25, 0.3) is 10.2 Å². The van der Waals surface area contributed by atoms with Crippen molar-refractivity contribution in [3.05, 3.63) is 53.6 Å². The molecule has 1 fully saturated rings. The van der Waals surface area contributed by atoms with Crippen molar-refractivity contribution in [2.45, 2.75) is 19.8 Å². The number of aromatic nitrogens is 1. The number of hydrogen-bond donors (Lipinski definition) is 0. The Morgan fingerprint density at radius 3 is 2.71 bits per heavy atom. The van der Waals surface area contributed by atoms with Gasteiger partial charge in [0.25, 0.3) is 0 Å². The van der Waals surface area contributed by atoms with Gasteiger partial charge in [0.1, 0.15) is 11.3 Å². The molecule has 0 atom stereocenters. The van der Waals surface area contributed by atoms with E-state index in [1.54, 1.807) is 18.4 Å². The molecule has 7 heteroatoms. The standard InChI is InChI=1S/C24H29N3O3S/c1-18-8-10-20(29-2)22-23(18)31-24(25-22)27(13-12-26-14-16-30-17-15-26)21(28)11-9-19-6-4-3-5-7-19/h3-8,10H,9,11-17H2,1-2H3. The first-order valence-electron chi connectivity index (χ1n) is 10.7. The average molecular weight is 440 g/mol. The average Bonchev–Trinajstić information content (AvgIpc) is 3.25. The number of fused-ring (bicyclic) bond motifs is 1. The van der Waals surface area contributed by atoms with Crippen LogP contribution in [0.5, 0.6) is 5.75 Å². The third kappa shape index (κ3) is 5.23. The van der Waals surface area contributed by atoms with Gasteiger partial charge in [-0.05, 0) is 30.5 Å². The number of carbonyl (C=O) groups is 1. The van der Waals surface area contributed by atoms with Crippen LogP contribution in [-0.4, -0.2) is 62.3 Å². The Balaban J connectivity index is 1.57. The topological polar surface area (TPSA) is 54.9 Å². The van der Waals surface area contributed by atoms with E-state index in [0.29, 0.717) is 13.0 Å². The Morgan fingerprint density at radius 1 is 1.19 bits per heavy atom. The molecule has 0 N–H and O–H groups in total. The number of rotatable bonds is 8. The quantitative estimate of drug-likeness (QED) is 0.533. The number of benzene rings is 2. The molecular weight excluding hydrogens is 410 g/mol. The Hall–Kier alpha value is -2.48. The van der Waals surface area contributed by atoms with Gasteiger partial charge in [0.15, 0.2) is 5.13 Å². The minimum atomic E-state index is 0.104. The van der Waals surface area contributed by atoms with E-state index in [9.17, 15) is 4.79 Å². The third-order valence-corrected chi connectivity index (χ3v) is 6.87. The summed E-state index contributed by atoms with van der Waals surface area (Å²) in [6.45, 7) is 6.80. The molecule has 1 saturated heterocycles. The van der Waals surface area contributed by atoms with Crippen LogP contribution in [-0.2, 0) is 16.0 Å². The molecule has 0 unspecified atom stereocenters. The molecule has 0 bridgehead atoms. The summed E-state index contributed by atoms with van der Waals surface area (Å²) in [5, 5.41) is 0.744. The number of carbonyl (C=O) groups excluding carboxylic acids is 1. The number of amides is 1. The maximum atomic E-state index is 13.3. The van der Waals surface area contributed by atoms with Crippen molar-refractivity contribution in [3.63, 3.8) is 0 Å². The monoisotopic (exact) mass is 439 g/mol. The summed E-state index contributed by atoms with van der Waals surface area (Å²) in [7, 11) is 1.66. The zero-order valence-electron chi connectivity index (χ0n) is 18.2. The molecule has 0 radical (unpaired) electrons. The van der Waals surface area contributed by atoms with Gasteiger partial charge in [-0.1, -0.05) is 47.7 Å². The van der Waals surface area contributed by atoms with Crippen LogP contribution in [0.3, 0.4) is 0 Å². The minimum Gasteiger partial charge on any atom is -0.494 e. The minimum absolute atomic E-state index is 0.104. The van der Waals surface area contributed by atoms with Gasteiger partial charge in [0.05, 0.1) is 25.0 Å². The predicted molar refractivity (Wildman–Crippen MR) is 125 cm³/mol. The van der Waals surface area contributed by atoms with E-state index in [1.807, 2.05) is 35.2 Å². The van der Waals surface area contributed by atoms with E-state index in [4.69, 9.17) is 14.5 Å². The molecular formula is C24H29N3O3S. The second-order valence-electron chi connectivity index (χ2n) is 7.74. The van der Waals surface area contributed by atoms with E-state index in [-0.39, 0.29) is 5.91 Å². The maximum absolute atomic E-state index is 13.3. The molecule has 31 heavy (non-hydrogen) atoms. The van der Waals surface area contributed by atoms with Gasteiger partial charge in [0, 0.05) is 32.6 Å². The van der Waals surface area contributed by atoms with Gasteiger partial charge in [-0.2, -0.15) is 0 Å². The van der Waals surface area contributed by atoms with Gasteiger partial charge in [-0.25, -0.2) is 4.98 Å². The van der Waals surface area contributed by atoms with Gasteiger partial charge < -0.3 is 9.47 Å². The number of thiazole rings is 1. The number of methoxy groups -OCH3 is 1. The highest BCUT2D eigenvalue weighted by molar-refractivity contribution is 7.22. The zero-order valence-corrected chi connectivity index (χ0v) is 19.0. The molecule has 2 heterocycles. The fourth-order valence-electron chi connectivity index (χ4n) is 3.80. The number of aryl methyl sites for hydroxylation is 2. The van der Waals surface area contributed by atoms with Crippen LogP contribution in [0.15, 0.2) is 42.5 Å². The largest absolute Gasteiger partial charge is 0.494 e. The zero-order chi connectivity index (χ0) is 21.6. The lowest BCUT2D eigenvalue weighted by atomic mass is 10.1. The molecule has 6 nitrogen and oxygen atoms in total. The van der Waals surface area contributed by atoms with E-state index >= 15 is 0 Å². The van der Waals surface area contributed by atoms with Crippen molar-refractivity contribution < 1.29 is 14.3 Å². The Morgan fingerprint density at radius 2 is 1.97 bits per heavy atom. The fraction of sp³-hybridized carbons (Fsp3) is 0.417. The summed E-state index contributed by atoms with van der Waals surface area (Å²) in [5.41, 5.74) is 3.14. The number of hydrogen-bond acceptors (Lipinski definition) is 6. The molecule has 4 rings (SSSR count). The first-order chi connectivity index (χ1) is 15.2. The van der Waals surface area contributed by atoms with E-state index in [0.717, 1.165) is 65.9 Å². The SMILES string of the molecule is COc1ccc(C)c2sc(N(CCN3CCOCC3)C(=O)CCc3ccccc3)nc12. The van der Waals surface area contributed by atoms with Crippen LogP contribution in [0.1, 0.15) is 17.5 Å². The van der Waals surface area contributed by atoms with E-state index in [2.05, 4.69) is 24.0 Å². The molecule has 1 amide bonds. The molecule has 1 aromatic heterocycles. The second-order valence-corrected chi connectivity index (χ2v) is 8.72. The Kier molecular flexibility index (Phi) is 7.17. The molecule has 164 valence electrons. The predicted octanol–water partition coefficient (Wildman–Crippen LogP) is 3.91. The molecule has 1 aliphatic heterocycles. The van der Waals surface area contributed by atoms with Crippen molar-refractivity contribution in [2.75, 3.05) is 51.4 Å². The van der Waals surface area contributed by atoms with Gasteiger partial charge in [-0.15, -0.1) is 0 Å². The number of morpholine rings is 1. The van der Waals surface area contributed by atoms with Gasteiger partial charge >= 0.3 is 0 Å². The number of ether oxygens (including phenoxy) is 2. The summed E-state index contributed by atoms with van der Waals surface area (Å²) in [4.78, 5) is 22.4. The lowest BCUT2D eigenvalue weighted by Gasteiger charge is -2.29. The van der Waals surface area contributed by atoms with E-state index < -0.39 is 0 Å². The van der Waals surface area contributed by atoms with E-state index in [1.165, 1.54) is 5.56 Å². The summed E-state index contributed by atoms with van der Waals surface area (Å²) in [6.07, 6.45) is 1.18. The van der Waals surface area contributed by atoms with Crippen molar-refractivity contribution >= 4 is 32.6 Å². The fourth-order valence-corrected chi connectivity index (χ4v) is 4.90. The highest BCUT2D eigenvalue weighted by Crippen LogP contribution is 2.36. The molecule has 3 aromatic rings. The van der Waals surface area contributed by atoms with Gasteiger partial charge in [-0.3, -0.25) is 14.6 Å². The number of anilines is 1. The highest BCUT2D eigenvalue weighted by Gasteiger charge is 2.23. The van der Waals surface area contributed by atoms with Crippen LogP contribution in [0.2, 0.25) is 0 Å². The van der Waals surface area contributed by atoms with Crippen molar-refractivity contribution in [1.29, 1.82) is 0 Å². The summed E-state index contributed by atoms with van der Waals surface area (Å²) in [6, 6.07) is 14.1. The normalized spacial score (nSPS) is 14.6. The van der Waals surface area contributed by atoms with Crippen LogP contribution >= 0.6 is 11.3 Å². The van der Waals surface area contributed by atoms with Gasteiger partial charge in [0.2, 0.25) is 5.91 Å². The van der Waals surface area contributed by atoms with Crippen molar-refractivity contribution in [2.24, 2.45) is 0 Å². The molecule has 0 saturated carbocycles. The Labute approximate surface area is 187 Å². The third-order valence-electron chi connectivity index (χ3n) is 5.66. The number of nitrogens with zero attached hydrogens (tertiary/aromatic N) is 3. The Bertz CT molecular complexity index is 1020. The maximum Gasteiger partial charge on any atom is 0.229 e. The molecule has 0 aliphatic carbocycles. The highest BCUT2D eigenvalue weighted by atomic mass is 32.1. The molecule has 0 spiro atoms.